The summed E-state index contributed by atoms with van der Waals surface area (Å²) in [5, 5.41) is 2.27. The number of ether oxygens (including phenoxy) is 1. The standard InChI is InChI=1S/C21H18F2N2O4S/c1-29-20-10-6-5-9-19(20)25(30(27,28)16-7-3-2-4-8-16)14-21(26)24-18-12-11-15(22)13-17(18)23/h2-13H,14H2,1H3,(H,24,26). The van der Waals surface area contributed by atoms with Gasteiger partial charge < -0.3 is 10.1 Å². The minimum absolute atomic E-state index is 0.0309. The van der Waals surface area contributed by atoms with Crippen molar-refractivity contribution in [3.63, 3.8) is 0 Å². The van der Waals surface area contributed by atoms with E-state index in [1.165, 1.54) is 25.3 Å². The van der Waals surface area contributed by atoms with Crippen molar-refractivity contribution in [2.45, 2.75) is 4.90 Å². The molecule has 9 heteroatoms. The molecule has 3 rings (SSSR count). The lowest BCUT2D eigenvalue weighted by atomic mass is 10.3. The zero-order chi connectivity index (χ0) is 21.7. The SMILES string of the molecule is COc1ccccc1N(CC(=O)Nc1ccc(F)cc1F)S(=O)(=O)c1ccccc1. The lowest BCUT2D eigenvalue weighted by molar-refractivity contribution is -0.114. The fourth-order valence-corrected chi connectivity index (χ4v) is 4.22. The Hall–Kier alpha value is -3.46. The van der Waals surface area contributed by atoms with Crippen molar-refractivity contribution in [2.75, 3.05) is 23.3 Å². The van der Waals surface area contributed by atoms with Crippen LogP contribution in [0.2, 0.25) is 0 Å². The van der Waals surface area contributed by atoms with E-state index < -0.39 is 34.1 Å². The monoisotopic (exact) mass is 432 g/mol. The molecule has 0 aliphatic rings. The van der Waals surface area contributed by atoms with E-state index in [-0.39, 0.29) is 22.0 Å². The zero-order valence-corrected chi connectivity index (χ0v) is 16.7. The maximum absolute atomic E-state index is 13.9. The molecule has 0 saturated heterocycles. The number of methoxy groups -OCH3 is 1. The van der Waals surface area contributed by atoms with E-state index >= 15 is 0 Å². The number of carbonyl (C=O) groups is 1. The summed E-state index contributed by atoms with van der Waals surface area (Å²) in [4.78, 5) is 12.6. The molecule has 1 amide bonds. The minimum atomic E-state index is -4.15. The molecule has 156 valence electrons. The van der Waals surface area contributed by atoms with Gasteiger partial charge in [0.25, 0.3) is 10.0 Å². The Morgan fingerprint density at radius 2 is 1.67 bits per heavy atom. The van der Waals surface area contributed by atoms with Gasteiger partial charge in [0, 0.05) is 6.07 Å². The molecule has 6 nitrogen and oxygen atoms in total. The number of amides is 1. The Balaban J connectivity index is 1.98. The van der Waals surface area contributed by atoms with Crippen molar-refractivity contribution in [1.29, 1.82) is 0 Å². The quantitative estimate of drug-likeness (QED) is 0.616. The molecule has 3 aromatic rings. The molecule has 0 aromatic heterocycles. The number of hydrogen-bond donors (Lipinski definition) is 1. The number of carbonyl (C=O) groups excluding carboxylic acids is 1. The third-order valence-electron chi connectivity index (χ3n) is 4.18. The largest absolute Gasteiger partial charge is 0.495 e. The molecular formula is C21H18F2N2O4S. The van der Waals surface area contributed by atoms with Crippen LogP contribution in [-0.2, 0) is 14.8 Å². The molecule has 0 aliphatic carbocycles. The van der Waals surface area contributed by atoms with Crippen LogP contribution in [0.3, 0.4) is 0 Å². The van der Waals surface area contributed by atoms with Crippen molar-refractivity contribution >= 4 is 27.3 Å². The maximum Gasteiger partial charge on any atom is 0.264 e. The highest BCUT2D eigenvalue weighted by molar-refractivity contribution is 7.92. The summed E-state index contributed by atoms with van der Waals surface area (Å²) in [6.07, 6.45) is 0. The second-order valence-electron chi connectivity index (χ2n) is 6.17. The minimum Gasteiger partial charge on any atom is -0.495 e. The number of nitrogens with zero attached hydrogens (tertiary/aromatic N) is 1. The summed E-state index contributed by atoms with van der Waals surface area (Å²) in [5.41, 5.74) is -0.128. The fourth-order valence-electron chi connectivity index (χ4n) is 2.77. The average Bonchev–Trinajstić information content (AvgIpc) is 2.74. The first-order chi connectivity index (χ1) is 14.3. The smallest absolute Gasteiger partial charge is 0.264 e. The summed E-state index contributed by atoms with van der Waals surface area (Å²) >= 11 is 0. The van der Waals surface area contributed by atoms with Gasteiger partial charge in [-0.3, -0.25) is 9.10 Å². The Bertz CT molecular complexity index is 1150. The first-order valence-electron chi connectivity index (χ1n) is 8.78. The third-order valence-corrected chi connectivity index (χ3v) is 5.95. The number of anilines is 2. The van der Waals surface area contributed by atoms with Gasteiger partial charge in [-0.05, 0) is 36.4 Å². The molecule has 0 atom stereocenters. The lowest BCUT2D eigenvalue weighted by Gasteiger charge is -2.25. The second kappa shape index (κ2) is 8.91. The van der Waals surface area contributed by atoms with Gasteiger partial charge in [-0.25, -0.2) is 17.2 Å². The van der Waals surface area contributed by atoms with Crippen molar-refractivity contribution < 1.29 is 26.7 Å². The van der Waals surface area contributed by atoms with Crippen LogP contribution in [0, 0.1) is 11.6 Å². The lowest BCUT2D eigenvalue weighted by Crippen LogP contribution is -2.38. The highest BCUT2D eigenvalue weighted by atomic mass is 32.2. The molecule has 0 bridgehead atoms. The topological polar surface area (TPSA) is 75.7 Å². The Labute approximate surface area is 172 Å². The molecule has 0 aliphatic heterocycles. The molecule has 0 radical (unpaired) electrons. The number of para-hydroxylation sites is 2. The normalized spacial score (nSPS) is 11.0. The molecule has 30 heavy (non-hydrogen) atoms. The van der Waals surface area contributed by atoms with Gasteiger partial charge in [-0.15, -0.1) is 0 Å². The number of rotatable bonds is 7. The van der Waals surface area contributed by atoms with Gasteiger partial charge in [-0.1, -0.05) is 30.3 Å². The van der Waals surface area contributed by atoms with Crippen molar-refractivity contribution in [3.05, 3.63) is 84.4 Å². The molecule has 0 fully saturated rings. The fraction of sp³-hybridized carbons (Fsp3) is 0.0952. The molecule has 0 spiro atoms. The van der Waals surface area contributed by atoms with Crippen LogP contribution in [0.5, 0.6) is 5.75 Å². The van der Waals surface area contributed by atoms with Crippen LogP contribution in [0.1, 0.15) is 0 Å². The number of benzene rings is 3. The summed E-state index contributed by atoms with van der Waals surface area (Å²) in [7, 11) is -2.78. The van der Waals surface area contributed by atoms with Gasteiger partial charge in [-0.2, -0.15) is 0 Å². The van der Waals surface area contributed by atoms with Crippen molar-refractivity contribution in [1.82, 2.24) is 0 Å². The van der Waals surface area contributed by atoms with E-state index in [4.69, 9.17) is 4.74 Å². The maximum atomic E-state index is 13.9. The van der Waals surface area contributed by atoms with Crippen LogP contribution in [0.15, 0.2) is 77.7 Å². The average molecular weight is 432 g/mol. The third kappa shape index (κ3) is 4.57. The number of halogens is 2. The summed E-state index contributed by atoms with van der Waals surface area (Å²) in [6, 6.07) is 16.5. The first-order valence-corrected chi connectivity index (χ1v) is 10.2. The molecule has 0 unspecified atom stereocenters. The predicted molar refractivity (Wildman–Crippen MR) is 109 cm³/mol. The summed E-state index contributed by atoms with van der Waals surface area (Å²) in [5.74, 6) is -2.35. The van der Waals surface area contributed by atoms with Crippen LogP contribution in [0.4, 0.5) is 20.2 Å². The van der Waals surface area contributed by atoms with E-state index in [1.807, 2.05) is 0 Å². The zero-order valence-electron chi connectivity index (χ0n) is 15.9. The van der Waals surface area contributed by atoms with Crippen LogP contribution < -0.4 is 14.4 Å². The molecule has 0 heterocycles. The molecule has 0 saturated carbocycles. The van der Waals surface area contributed by atoms with E-state index in [0.717, 1.165) is 16.4 Å². The van der Waals surface area contributed by atoms with Crippen molar-refractivity contribution in [3.8, 4) is 5.75 Å². The molecule has 1 N–H and O–H groups in total. The van der Waals surface area contributed by atoms with E-state index in [2.05, 4.69) is 5.32 Å². The van der Waals surface area contributed by atoms with Gasteiger partial charge in [0.05, 0.1) is 23.4 Å². The van der Waals surface area contributed by atoms with Gasteiger partial charge in [0.15, 0.2) is 0 Å². The second-order valence-corrected chi connectivity index (χ2v) is 8.03. The summed E-state index contributed by atoms with van der Waals surface area (Å²) in [6.45, 7) is -0.658. The molecular weight excluding hydrogens is 414 g/mol. The first kappa shape index (κ1) is 21.3. The van der Waals surface area contributed by atoms with Gasteiger partial charge in [0.1, 0.15) is 23.9 Å². The Morgan fingerprint density at radius 1 is 1.00 bits per heavy atom. The van der Waals surface area contributed by atoms with Crippen LogP contribution >= 0.6 is 0 Å². The number of sulfonamides is 1. The van der Waals surface area contributed by atoms with Crippen LogP contribution in [0.25, 0.3) is 0 Å². The van der Waals surface area contributed by atoms with Gasteiger partial charge >= 0.3 is 0 Å². The van der Waals surface area contributed by atoms with E-state index in [9.17, 15) is 22.0 Å². The predicted octanol–water partition coefficient (Wildman–Crippen LogP) is 3.81. The molecule has 3 aromatic carbocycles. The number of hydrogen-bond acceptors (Lipinski definition) is 4. The van der Waals surface area contributed by atoms with E-state index in [1.54, 1.807) is 36.4 Å². The highest BCUT2D eigenvalue weighted by Gasteiger charge is 2.29. The number of nitrogens with one attached hydrogen (secondary N) is 1. The Kier molecular flexibility index (Phi) is 6.31. The van der Waals surface area contributed by atoms with Crippen molar-refractivity contribution in [2.24, 2.45) is 0 Å². The Morgan fingerprint density at radius 3 is 2.33 bits per heavy atom. The summed E-state index contributed by atoms with van der Waals surface area (Å²) < 4.78 is 59.6. The van der Waals surface area contributed by atoms with Gasteiger partial charge in [0.2, 0.25) is 5.91 Å². The highest BCUT2D eigenvalue weighted by Crippen LogP contribution is 2.32. The van der Waals surface area contributed by atoms with E-state index in [0.29, 0.717) is 6.07 Å². The van der Waals surface area contributed by atoms with Crippen LogP contribution in [-0.4, -0.2) is 28.0 Å².